The molecule has 2 amide bonds. The highest BCUT2D eigenvalue weighted by Crippen LogP contribution is 2.58. The molecule has 1 aromatic carbocycles. The third-order valence-corrected chi connectivity index (χ3v) is 6.29. The molecule has 0 unspecified atom stereocenters. The second-order valence-electron chi connectivity index (χ2n) is 6.74. The summed E-state index contributed by atoms with van der Waals surface area (Å²) in [4.78, 5) is 27.7. The molecule has 2 aliphatic heterocycles. The molecule has 0 radical (unpaired) electrons. The van der Waals surface area contributed by atoms with Crippen molar-refractivity contribution < 1.29 is 23.8 Å². The average Bonchev–Trinajstić information content (AvgIpc) is 3.04. The van der Waals surface area contributed by atoms with Crippen LogP contribution in [0.2, 0.25) is 0 Å². The first-order chi connectivity index (χ1) is 12.4. The topological polar surface area (TPSA) is 77.1 Å². The predicted molar refractivity (Wildman–Crippen MR) is 98.8 cm³/mol. The molecule has 7 nitrogen and oxygen atoms in total. The lowest BCUT2D eigenvalue weighted by Crippen LogP contribution is -2.52. The number of fused-ring (bicyclic) bond motifs is 3. The molecule has 3 rings (SSSR count). The Balaban J connectivity index is 1.98. The number of thioether (sulfide) groups is 1. The van der Waals surface area contributed by atoms with Gasteiger partial charge in [-0.3, -0.25) is 9.59 Å². The Morgan fingerprint density at radius 2 is 2.00 bits per heavy atom. The molecule has 1 saturated heterocycles. The zero-order valence-electron chi connectivity index (χ0n) is 15.6. The van der Waals surface area contributed by atoms with E-state index >= 15 is 0 Å². The minimum Gasteiger partial charge on any atom is -0.493 e. The maximum Gasteiger partial charge on any atom is 0.260 e. The van der Waals surface area contributed by atoms with Crippen molar-refractivity contribution >= 4 is 23.6 Å². The van der Waals surface area contributed by atoms with Crippen LogP contribution in [0, 0.1) is 0 Å². The summed E-state index contributed by atoms with van der Waals surface area (Å²) in [6.45, 7) is 4.81. The number of rotatable bonds is 6. The molecule has 0 saturated carbocycles. The van der Waals surface area contributed by atoms with Crippen molar-refractivity contribution in [2.24, 2.45) is 0 Å². The van der Waals surface area contributed by atoms with Gasteiger partial charge in [0, 0.05) is 24.0 Å². The summed E-state index contributed by atoms with van der Waals surface area (Å²) < 4.78 is 15.3. The van der Waals surface area contributed by atoms with Gasteiger partial charge in [-0.15, -0.1) is 11.8 Å². The van der Waals surface area contributed by atoms with E-state index in [1.165, 1.54) is 14.2 Å². The lowest BCUT2D eigenvalue weighted by Gasteiger charge is -2.29. The van der Waals surface area contributed by atoms with Gasteiger partial charge in [0.1, 0.15) is 11.4 Å². The second-order valence-corrected chi connectivity index (χ2v) is 8.47. The molecular formula is C18H24N2O5S. The molecule has 0 spiro atoms. The van der Waals surface area contributed by atoms with E-state index in [9.17, 15) is 9.59 Å². The Bertz CT molecular complexity index is 737. The zero-order valence-corrected chi connectivity index (χ0v) is 16.4. The summed E-state index contributed by atoms with van der Waals surface area (Å²) in [5, 5.41) is 2.65. The van der Waals surface area contributed by atoms with Crippen LogP contribution in [0.4, 0.5) is 0 Å². The Morgan fingerprint density at radius 3 is 2.62 bits per heavy atom. The number of nitrogens with one attached hydrogen (secondary N) is 1. The van der Waals surface area contributed by atoms with Crippen LogP contribution in [0.15, 0.2) is 12.1 Å². The average molecular weight is 380 g/mol. The molecular weight excluding hydrogens is 356 g/mol. The lowest BCUT2D eigenvalue weighted by molar-refractivity contribution is -0.126. The number of nitrogens with zero attached hydrogens (tertiary/aromatic N) is 1. The molecule has 26 heavy (non-hydrogen) atoms. The van der Waals surface area contributed by atoms with Crippen molar-refractivity contribution in [3.05, 3.63) is 23.3 Å². The molecule has 1 fully saturated rings. The summed E-state index contributed by atoms with van der Waals surface area (Å²) in [7, 11) is 4.63. The number of hydrogen-bond acceptors (Lipinski definition) is 6. The van der Waals surface area contributed by atoms with Gasteiger partial charge >= 0.3 is 0 Å². The van der Waals surface area contributed by atoms with E-state index in [2.05, 4.69) is 5.32 Å². The number of ether oxygens (including phenoxy) is 3. The molecule has 1 N–H and O–H groups in total. The van der Waals surface area contributed by atoms with Crippen LogP contribution < -0.4 is 14.8 Å². The highest BCUT2D eigenvalue weighted by Gasteiger charge is 2.58. The fourth-order valence-corrected chi connectivity index (χ4v) is 5.21. The van der Waals surface area contributed by atoms with Gasteiger partial charge in [-0.2, -0.15) is 0 Å². The van der Waals surface area contributed by atoms with Gasteiger partial charge in [0.05, 0.1) is 26.4 Å². The van der Waals surface area contributed by atoms with E-state index in [-0.39, 0.29) is 17.2 Å². The first-order valence-corrected chi connectivity index (χ1v) is 9.27. The summed E-state index contributed by atoms with van der Waals surface area (Å²) in [6, 6.07) is 3.10. The Labute approximate surface area is 157 Å². The van der Waals surface area contributed by atoms with Crippen LogP contribution in [0.5, 0.6) is 11.5 Å². The van der Waals surface area contributed by atoms with E-state index in [0.29, 0.717) is 30.2 Å². The van der Waals surface area contributed by atoms with E-state index in [1.54, 1.807) is 29.8 Å². The number of hydrogen-bond donors (Lipinski definition) is 1. The largest absolute Gasteiger partial charge is 0.493 e. The molecule has 142 valence electrons. The Kier molecular flexibility index (Phi) is 5.07. The maximum atomic E-state index is 13.2. The fraction of sp³-hybridized carbons (Fsp3) is 0.556. The third kappa shape index (κ3) is 2.81. The highest BCUT2D eigenvalue weighted by molar-refractivity contribution is 8.01. The van der Waals surface area contributed by atoms with Crippen LogP contribution in [-0.4, -0.2) is 62.0 Å². The Hall–Kier alpha value is -1.93. The molecule has 2 aliphatic rings. The number of benzene rings is 1. The zero-order chi connectivity index (χ0) is 19.1. The summed E-state index contributed by atoms with van der Waals surface area (Å²) in [6.07, 6.45) is 0. The predicted octanol–water partition coefficient (Wildman–Crippen LogP) is 1.81. The standard InChI is InChI=1S/C18H24N2O5S/c1-18(2)14(15(21)19-8-9-23-3)20-16(22)12-10(17(20)26-18)6-7-11(24-4)13(12)25-5/h6-7,14,17H,8-9H2,1-5H3,(H,19,21)/t14-,17-/m1/s1. The molecule has 8 heteroatoms. The van der Waals surface area contributed by atoms with Gasteiger partial charge in [0.25, 0.3) is 5.91 Å². The fourth-order valence-electron chi connectivity index (χ4n) is 3.63. The lowest BCUT2D eigenvalue weighted by atomic mass is 10.0. The summed E-state index contributed by atoms with van der Waals surface area (Å²) in [5.74, 6) is 0.548. The first kappa shape index (κ1) is 18.8. The minimum atomic E-state index is -0.579. The number of carbonyl (C=O) groups is 2. The van der Waals surface area contributed by atoms with Crippen molar-refractivity contribution in [1.29, 1.82) is 0 Å². The van der Waals surface area contributed by atoms with Crippen LogP contribution >= 0.6 is 11.8 Å². The van der Waals surface area contributed by atoms with Crippen LogP contribution in [0.1, 0.15) is 35.1 Å². The van der Waals surface area contributed by atoms with Crippen LogP contribution in [-0.2, 0) is 9.53 Å². The Morgan fingerprint density at radius 1 is 1.27 bits per heavy atom. The highest BCUT2D eigenvalue weighted by atomic mass is 32.2. The van der Waals surface area contributed by atoms with Gasteiger partial charge in [-0.05, 0) is 19.9 Å². The monoisotopic (exact) mass is 380 g/mol. The normalized spacial score (nSPS) is 22.8. The summed E-state index contributed by atoms with van der Waals surface area (Å²) in [5.41, 5.74) is 1.34. The second kappa shape index (κ2) is 7.00. The van der Waals surface area contributed by atoms with Crippen molar-refractivity contribution in [1.82, 2.24) is 10.2 Å². The van der Waals surface area contributed by atoms with Gasteiger partial charge in [-0.25, -0.2) is 0 Å². The van der Waals surface area contributed by atoms with Crippen LogP contribution in [0.3, 0.4) is 0 Å². The number of carbonyl (C=O) groups excluding carboxylic acids is 2. The third-order valence-electron chi connectivity index (χ3n) is 4.75. The quantitative estimate of drug-likeness (QED) is 0.759. The van der Waals surface area contributed by atoms with E-state index in [4.69, 9.17) is 14.2 Å². The molecule has 0 aliphatic carbocycles. The SMILES string of the molecule is COCCNC(=O)[C@H]1N2C(=O)c3c(ccc(OC)c3OC)[C@H]2SC1(C)C. The van der Waals surface area contributed by atoms with Gasteiger partial charge in [0.15, 0.2) is 11.5 Å². The van der Waals surface area contributed by atoms with Crippen molar-refractivity contribution in [3.63, 3.8) is 0 Å². The van der Waals surface area contributed by atoms with E-state index < -0.39 is 10.8 Å². The number of methoxy groups -OCH3 is 3. The first-order valence-electron chi connectivity index (χ1n) is 8.39. The van der Waals surface area contributed by atoms with Gasteiger partial charge in [-0.1, -0.05) is 6.07 Å². The molecule has 0 aromatic heterocycles. The van der Waals surface area contributed by atoms with Gasteiger partial charge < -0.3 is 24.4 Å². The molecule has 1 aromatic rings. The molecule has 2 atom stereocenters. The smallest absolute Gasteiger partial charge is 0.260 e. The number of amides is 2. The van der Waals surface area contributed by atoms with Crippen LogP contribution in [0.25, 0.3) is 0 Å². The maximum absolute atomic E-state index is 13.2. The minimum absolute atomic E-state index is 0.172. The molecule has 0 bridgehead atoms. The van der Waals surface area contributed by atoms with Crippen molar-refractivity contribution in [2.75, 3.05) is 34.5 Å². The summed E-state index contributed by atoms with van der Waals surface area (Å²) >= 11 is 1.61. The van der Waals surface area contributed by atoms with E-state index in [1.807, 2.05) is 19.9 Å². The van der Waals surface area contributed by atoms with Gasteiger partial charge in [0.2, 0.25) is 5.91 Å². The molecule has 2 heterocycles. The van der Waals surface area contributed by atoms with E-state index in [0.717, 1.165) is 5.56 Å². The van der Waals surface area contributed by atoms with Crippen molar-refractivity contribution in [2.45, 2.75) is 30.0 Å². The van der Waals surface area contributed by atoms with Crippen molar-refractivity contribution in [3.8, 4) is 11.5 Å².